The van der Waals surface area contributed by atoms with E-state index in [9.17, 15) is 14.0 Å². The van der Waals surface area contributed by atoms with Crippen LogP contribution in [-0.4, -0.2) is 41.3 Å². The predicted molar refractivity (Wildman–Crippen MR) is 57.7 cm³/mol. The highest BCUT2D eigenvalue weighted by molar-refractivity contribution is 5.94. The number of carbonyl (C=O) groups excluding carboxylic acids is 2. The van der Waals surface area contributed by atoms with Crippen LogP contribution in [0.25, 0.3) is 0 Å². The molecule has 6 heteroatoms. The summed E-state index contributed by atoms with van der Waals surface area (Å²) in [6.07, 6.45) is 1.53. The number of halogens is 1. The molecule has 0 saturated carbocycles. The number of pyridine rings is 1. The Bertz CT molecular complexity index is 450. The Balaban J connectivity index is 2.11. The smallest absolute Gasteiger partial charge is 0.254 e. The quantitative estimate of drug-likeness (QED) is 0.709. The fourth-order valence-electron chi connectivity index (χ4n) is 1.69. The Morgan fingerprint density at radius 3 is 3.06 bits per heavy atom. The van der Waals surface area contributed by atoms with Crippen LogP contribution in [0.5, 0.6) is 0 Å². The van der Waals surface area contributed by atoms with Crippen molar-refractivity contribution in [2.24, 2.45) is 0 Å². The lowest BCUT2D eigenvalue weighted by atomic mass is 10.2. The van der Waals surface area contributed by atoms with E-state index < -0.39 is 5.95 Å². The summed E-state index contributed by atoms with van der Waals surface area (Å²) in [7, 11) is 0. The number of hydrogen-bond donors (Lipinski definition) is 1. The van der Waals surface area contributed by atoms with Gasteiger partial charge in [-0.3, -0.25) is 9.59 Å². The van der Waals surface area contributed by atoms with Crippen molar-refractivity contribution in [2.45, 2.75) is 6.42 Å². The van der Waals surface area contributed by atoms with E-state index in [1.807, 2.05) is 0 Å². The maximum atomic E-state index is 12.9. The third kappa shape index (κ3) is 2.77. The average Bonchev–Trinajstić information content (AvgIpc) is 2.53. The van der Waals surface area contributed by atoms with Crippen LogP contribution >= 0.6 is 0 Å². The zero-order valence-corrected chi connectivity index (χ0v) is 9.15. The van der Waals surface area contributed by atoms with E-state index in [-0.39, 0.29) is 23.8 Å². The summed E-state index contributed by atoms with van der Waals surface area (Å²) in [5, 5.41) is 2.67. The molecule has 0 radical (unpaired) electrons. The first-order valence-electron chi connectivity index (χ1n) is 5.34. The first-order valence-corrected chi connectivity index (χ1v) is 5.34. The van der Waals surface area contributed by atoms with Gasteiger partial charge in [-0.15, -0.1) is 0 Å². The lowest BCUT2D eigenvalue weighted by molar-refractivity contribution is -0.120. The predicted octanol–water partition coefficient (Wildman–Crippen LogP) is 0.183. The van der Waals surface area contributed by atoms with Gasteiger partial charge in [-0.25, -0.2) is 4.98 Å². The second-order valence-electron chi connectivity index (χ2n) is 3.76. The Morgan fingerprint density at radius 1 is 1.47 bits per heavy atom. The summed E-state index contributed by atoms with van der Waals surface area (Å²) in [6, 6.07) is 2.56. The molecule has 90 valence electrons. The van der Waals surface area contributed by atoms with Gasteiger partial charge in [-0.05, 0) is 6.07 Å². The van der Waals surface area contributed by atoms with Gasteiger partial charge in [0.2, 0.25) is 11.9 Å². The van der Waals surface area contributed by atoms with Gasteiger partial charge < -0.3 is 10.2 Å². The molecule has 0 aromatic carbocycles. The van der Waals surface area contributed by atoms with Crippen LogP contribution in [0.2, 0.25) is 0 Å². The first kappa shape index (κ1) is 11.5. The molecule has 1 saturated heterocycles. The Morgan fingerprint density at radius 2 is 2.29 bits per heavy atom. The van der Waals surface area contributed by atoms with Gasteiger partial charge in [-0.2, -0.15) is 4.39 Å². The first-order chi connectivity index (χ1) is 8.16. The van der Waals surface area contributed by atoms with Crippen molar-refractivity contribution in [1.29, 1.82) is 0 Å². The van der Waals surface area contributed by atoms with E-state index in [4.69, 9.17) is 0 Å². The highest BCUT2D eigenvalue weighted by Crippen LogP contribution is 2.07. The lowest BCUT2D eigenvalue weighted by Gasteiger charge is -2.19. The van der Waals surface area contributed by atoms with Crippen molar-refractivity contribution in [2.75, 3.05) is 19.6 Å². The van der Waals surface area contributed by atoms with Crippen LogP contribution in [-0.2, 0) is 4.79 Å². The van der Waals surface area contributed by atoms with Crippen LogP contribution in [0.15, 0.2) is 18.3 Å². The van der Waals surface area contributed by atoms with Crippen LogP contribution in [0.3, 0.4) is 0 Å². The number of rotatable bonds is 1. The van der Waals surface area contributed by atoms with Crippen LogP contribution in [0.4, 0.5) is 4.39 Å². The molecule has 0 bridgehead atoms. The van der Waals surface area contributed by atoms with E-state index in [0.717, 1.165) is 6.07 Å². The van der Waals surface area contributed by atoms with Crippen molar-refractivity contribution in [3.8, 4) is 0 Å². The third-order valence-electron chi connectivity index (χ3n) is 2.57. The zero-order valence-electron chi connectivity index (χ0n) is 9.15. The monoisotopic (exact) mass is 237 g/mol. The number of hydrogen-bond acceptors (Lipinski definition) is 3. The highest BCUT2D eigenvalue weighted by Gasteiger charge is 2.19. The van der Waals surface area contributed by atoms with Gasteiger partial charge in [0.25, 0.3) is 5.91 Å². The van der Waals surface area contributed by atoms with Crippen molar-refractivity contribution in [3.63, 3.8) is 0 Å². The molecule has 1 fully saturated rings. The van der Waals surface area contributed by atoms with Crippen molar-refractivity contribution in [1.82, 2.24) is 15.2 Å². The van der Waals surface area contributed by atoms with Gasteiger partial charge >= 0.3 is 0 Å². The maximum Gasteiger partial charge on any atom is 0.254 e. The van der Waals surface area contributed by atoms with Gasteiger partial charge in [-0.1, -0.05) is 0 Å². The van der Waals surface area contributed by atoms with Crippen molar-refractivity contribution < 1.29 is 14.0 Å². The normalized spacial score (nSPS) is 16.3. The summed E-state index contributed by atoms with van der Waals surface area (Å²) in [5.41, 5.74) is 0.256. The van der Waals surface area contributed by atoms with Crippen molar-refractivity contribution in [3.05, 3.63) is 29.8 Å². The molecule has 1 aliphatic heterocycles. The van der Waals surface area contributed by atoms with Gasteiger partial charge in [0.05, 0.1) is 0 Å². The summed E-state index contributed by atoms with van der Waals surface area (Å²) in [5.74, 6) is -1.02. The fraction of sp³-hybridized carbons (Fsp3) is 0.364. The highest BCUT2D eigenvalue weighted by atomic mass is 19.1. The molecular weight excluding hydrogens is 225 g/mol. The molecule has 0 unspecified atom stereocenters. The second-order valence-corrected chi connectivity index (χ2v) is 3.76. The van der Waals surface area contributed by atoms with E-state index in [2.05, 4.69) is 10.3 Å². The molecule has 17 heavy (non-hydrogen) atoms. The number of nitrogens with one attached hydrogen (secondary N) is 1. The minimum Gasteiger partial charge on any atom is -0.354 e. The summed E-state index contributed by atoms with van der Waals surface area (Å²) >= 11 is 0. The second kappa shape index (κ2) is 4.90. The van der Waals surface area contributed by atoms with Gasteiger partial charge in [0.1, 0.15) is 0 Å². The molecule has 2 amide bonds. The lowest BCUT2D eigenvalue weighted by Crippen LogP contribution is -2.34. The molecule has 0 atom stereocenters. The minimum atomic E-state index is -0.681. The summed E-state index contributed by atoms with van der Waals surface area (Å²) in [6.45, 7) is 1.22. The molecule has 1 aromatic heterocycles. The Labute approximate surface area is 97.6 Å². The fourth-order valence-corrected chi connectivity index (χ4v) is 1.69. The van der Waals surface area contributed by atoms with Crippen molar-refractivity contribution >= 4 is 11.8 Å². The largest absolute Gasteiger partial charge is 0.354 e. The molecular formula is C11H12FN3O2. The number of nitrogens with zero attached hydrogens (tertiary/aromatic N) is 2. The van der Waals surface area contributed by atoms with E-state index in [1.165, 1.54) is 17.2 Å². The number of carbonyl (C=O) groups is 2. The van der Waals surface area contributed by atoms with Gasteiger partial charge in [0, 0.05) is 43.9 Å². The van der Waals surface area contributed by atoms with E-state index >= 15 is 0 Å². The number of aromatic nitrogens is 1. The third-order valence-corrected chi connectivity index (χ3v) is 2.57. The van der Waals surface area contributed by atoms with E-state index in [0.29, 0.717) is 19.6 Å². The van der Waals surface area contributed by atoms with Crippen LogP contribution < -0.4 is 5.32 Å². The molecule has 2 heterocycles. The standard InChI is InChI=1S/C11H12FN3O2/c12-9-7-8(1-3-13-9)11(17)15-5-2-10(16)14-4-6-15/h1,3,7H,2,4-6H2,(H,14,16). The molecule has 5 nitrogen and oxygen atoms in total. The Kier molecular flexibility index (Phi) is 3.32. The summed E-state index contributed by atoms with van der Waals surface area (Å²) in [4.78, 5) is 28.1. The van der Waals surface area contributed by atoms with Crippen LogP contribution in [0, 0.1) is 5.95 Å². The molecule has 1 aliphatic rings. The molecule has 1 N–H and O–H groups in total. The molecule has 2 rings (SSSR count). The topological polar surface area (TPSA) is 62.3 Å². The van der Waals surface area contributed by atoms with E-state index in [1.54, 1.807) is 0 Å². The summed E-state index contributed by atoms with van der Waals surface area (Å²) < 4.78 is 12.9. The molecule has 0 spiro atoms. The van der Waals surface area contributed by atoms with Crippen LogP contribution in [0.1, 0.15) is 16.8 Å². The zero-order chi connectivity index (χ0) is 12.3. The SMILES string of the molecule is O=C1CCN(C(=O)c2ccnc(F)c2)CCN1. The number of amides is 2. The maximum absolute atomic E-state index is 12.9. The minimum absolute atomic E-state index is 0.0683. The molecule has 1 aromatic rings. The average molecular weight is 237 g/mol. The van der Waals surface area contributed by atoms with Gasteiger partial charge in [0.15, 0.2) is 0 Å². The Hall–Kier alpha value is -1.98. The molecule has 0 aliphatic carbocycles.